The third-order valence-electron chi connectivity index (χ3n) is 3.56. The number of sulfonamides is 2. The Morgan fingerprint density at radius 3 is 2.33 bits per heavy atom. The molecule has 0 aromatic heterocycles. The summed E-state index contributed by atoms with van der Waals surface area (Å²) in [7, 11) is -7.20. The predicted molar refractivity (Wildman–Crippen MR) is 92.3 cm³/mol. The molecule has 0 atom stereocenters. The van der Waals surface area contributed by atoms with Crippen molar-refractivity contribution < 1.29 is 21.2 Å². The number of benzene rings is 1. The van der Waals surface area contributed by atoms with E-state index < -0.39 is 25.9 Å². The minimum Gasteiger partial charge on any atom is -0.213 e. The summed E-state index contributed by atoms with van der Waals surface area (Å²) in [5.74, 6) is -0.509. The minimum absolute atomic E-state index is 0.0132. The highest BCUT2D eigenvalue weighted by atomic mass is 32.2. The van der Waals surface area contributed by atoms with Gasteiger partial charge in [-0.05, 0) is 37.1 Å². The average Bonchev–Trinajstić information content (AvgIpc) is 2.44. The minimum atomic E-state index is -3.81. The van der Waals surface area contributed by atoms with Crippen molar-refractivity contribution in [3.63, 3.8) is 0 Å². The molecule has 0 spiro atoms. The van der Waals surface area contributed by atoms with Crippen LogP contribution in [0.3, 0.4) is 0 Å². The van der Waals surface area contributed by atoms with Crippen LogP contribution in [0, 0.1) is 12.7 Å². The standard InChI is InChI=1S/C15H25FN2O4S2/c1-4-5-6-10-18(23(3,19)20)11-9-17-24(21,22)15-8-7-14(16)12-13(15)2/h7-8,12,17H,4-6,9-11H2,1-3H3. The van der Waals surface area contributed by atoms with Crippen molar-refractivity contribution in [3.05, 3.63) is 29.6 Å². The Morgan fingerprint density at radius 1 is 1.12 bits per heavy atom. The summed E-state index contributed by atoms with van der Waals surface area (Å²) in [5, 5.41) is 0. The second-order valence-corrected chi connectivity index (χ2v) is 9.39. The molecule has 1 aromatic carbocycles. The van der Waals surface area contributed by atoms with Crippen molar-refractivity contribution >= 4 is 20.0 Å². The summed E-state index contributed by atoms with van der Waals surface area (Å²) < 4.78 is 64.7. The monoisotopic (exact) mass is 380 g/mol. The van der Waals surface area contributed by atoms with Crippen LogP contribution in [0.5, 0.6) is 0 Å². The van der Waals surface area contributed by atoms with Crippen LogP contribution in [0.1, 0.15) is 31.7 Å². The largest absolute Gasteiger partial charge is 0.240 e. The molecule has 0 bridgehead atoms. The molecule has 0 saturated carbocycles. The second-order valence-electron chi connectivity index (χ2n) is 5.68. The summed E-state index contributed by atoms with van der Waals surface area (Å²) in [5.41, 5.74) is 0.297. The fraction of sp³-hybridized carbons (Fsp3) is 0.600. The highest BCUT2D eigenvalue weighted by molar-refractivity contribution is 7.89. The highest BCUT2D eigenvalue weighted by Gasteiger charge is 2.20. The molecule has 0 heterocycles. The highest BCUT2D eigenvalue weighted by Crippen LogP contribution is 2.15. The Balaban J connectivity index is 2.72. The van der Waals surface area contributed by atoms with E-state index in [9.17, 15) is 21.2 Å². The Kier molecular flexibility index (Phi) is 7.78. The van der Waals surface area contributed by atoms with E-state index in [1.165, 1.54) is 17.3 Å². The van der Waals surface area contributed by atoms with Gasteiger partial charge in [-0.15, -0.1) is 0 Å². The van der Waals surface area contributed by atoms with E-state index in [-0.39, 0.29) is 18.0 Å². The molecule has 1 aromatic rings. The van der Waals surface area contributed by atoms with Gasteiger partial charge in [-0.3, -0.25) is 0 Å². The van der Waals surface area contributed by atoms with Gasteiger partial charge in [-0.2, -0.15) is 0 Å². The number of hydrogen-bond acceptors (Lipinski definition) is 4. The number of hydrogen-bond donors (Lipinski definition) is 1. The second kappa shape index (κ2) is 8.89. The van der Waals surface area contributed by atoms with E-state index in [2.05, 4.69) is 4.72 Å². The Labute approximate surface area is 144 Å². The molecule has 0 aliphatic carbocycles. The van der Waals surface area contributed by atoms with Gasteiger partial charge in [0, 0.05) is 19.6 Å². The zero-order valence-electron chi connectivity index (χ0n) is 14.2. The van der Waals surface area contributed by atoms with Gasteiger partial charge in [-0.1, -0.05) is 19.8 Å². The van der Waals surface area contributed by atoms with Crippen molar-refractivity contribution in [2.45, 2.75) is 38.0 Å². The lowest BCUT2D eigenvalue weighted by Crippen LogP contribution is -2.38. The van der Waals surface area contributed by atoms with Crippen LogP contribution in [0.4, 0.5) is 4.39 Å². The van der Waals surface area contributed by atoms with E-state index in [1.54, 1.807) is 0 Å². The molecule has 9 heteroatoms. The molecule has 0 unspecified atom stereocenters. The van der Waals surface area contributed by atoms with E-state index >= 15 is 0 Å². The predicted octanol–water partition coefficient (Wildman–Crippen LogP) is 1.86. The summed E-state index contributed by atoms with van der Waals surface area (Å²) in [6.07, 6.45) is 3.71. The quantitative estimate of drug-likeness (QED) is 0.628. The van der Waals surface area contributed by atoms with Gasteiger partial charge in [-0.25, -0.2) is 30.3 Å². The van der Waals surface area contributed by atoms with Crippen LogP contribution >= 0.6 is 0 Å². The van der Waals surface area contributed by atoms with Gasteiger partial charge >= 0.3 is 0 Å². The van der Waals surface area contributed by atoms with Crippen LogP contribution < -0.4 is 4.72 Å². The summed E-state index contributed by atoms with van der Waals surface area (Å²) in [4.78, 5) is -0.0132. The van der Waals surface area contributed by atoms with Crippen LogP contribution in [0.2, 0.25) is 0 Å². The van der Waals surface area contributed by atoms with E-state index in [4.69, 9.17) is 0 Å². The van der Waals surface area contributed by atoms with Gasteiger partial charge < -0.3 is 0 Å². The fourth-order valence-corrected chi connectivity index (χ4v) is 4.41. The molecule has 0 saturated heterocycles. The maximum Gasteiger partial charge on any atom is 0.240 e. The zero-order chi connectivity index (χ0) is 18.4. The third kappa shape index (κ3) is 6.46. The fourth-order valence-electron chi connectivity index (χ4n) is 2.28. The van der Waals surface area contributed by atoms with Crippen molar-refractivity contribution in [1.29, 1.82) is 0 Å². The molecular weight excluding hydrogens is 355 g/mol. The summed E-state index contributed by atoms with van der Waals surface area (Å²) in [6, 6.07) is 3.42. The summed E-state index contributed by atoms with van der Waals surface area (Å²) in [6.45, 7) is 3.90. The number of nitrogens with one attached hydrogen (secondary N) is 1. The number of aryl methyl sites for hydroxylation is 1. The van der Waals surface area contributed by atoms with Crippen LogP contribution in [-0.4, -0.2) is 47.0 Å². The SMILES string of the molecule is CCCCCN(CCNS(=O)(=O)c1ccc(F)cc1C)S(C)(=O)=O. The normalized spacial score (nSPS) is 12.7. The van der Waals surface area contributed by atoms with Crippen molar-refractivity contribution in [2.24, 2.45) is 0 Å². The lowest BCUT2D eigenvalue weighted by Gasteiger charge is -2.20. The van der Waals surface area contributed by atoms with Gasteiger partial charge in [0.1, 0.15) is 5.82 Å². The van der Waals surface area contributed by atoms with Crippen molar-refractivity contribution in [3.8, 4) is 0 Å². The van der Waals surface area contributed by atoms with Crippen molar-refractivity contribution in [1.82, 2.24) is 9.03 Å². The Bertz CT molecular complexity index is 749. The van der Waals surface area contributed by atoms with Crippen LogP contribution in [0.15, 0.2) is 23.1 Å². The molecular formula is C15H25FN2O4S2. The number of rotatable bonds is 10. The van der Waals surface area contributed by atoms with Gasteiger partial charge in [0.25, 0.3) is 0 Å². The maximum absolute atomic E-state index is 13.1. The zero-order valence-corrected chi connectivity index (χ0v) is 15.9. The molecule has 0 fully saturated rings. The van der Waals surface area contributed by atoms with Crippen LogP contribution in [-0.2, 0) is 20.0 Å². The molecule has 0 amide bonds. The summed E-state index contributed by atoms with van der Waals surface area (Å²) >= 11 is 0. The first-order valence-electron chi connectivity index (χ1n) is 7.79. The lowest BCUT2D eigenvalue weighted by atomic mass is 10.2. The molecule has 0 radical (unpaired) electrons. The van der Waals surface area contributed by atoms with E-state index in [0.717, 1.165) is 37.7 Å². The Morgan fingerprint density at radius 2 is 1.79 bits per heavy atom. The number of nitrogens with zero attached hydrogens (tertiary/aromatic N) is 1. The van der Waals surface area contributed by atoms with Crippen molar-refractivity contribution in [2.75, 3.05) is 25.9 Å². The average molecular weight is 381 g/mol. The Hall–Kier alpha value is -1.03. The number of halogens is 1. The molecule has 138 valence electrons. The van der Waals surface area contributed by atoms with E-state index in [0.29, 0.717) is 12.1 Å². The van der Waals surface area contributed by atoms with Crippen LogP contribution in [0.25, 0.3) is 0 Å². The topological polar surface area (TPSA) is 83.6 Å². The lowest BCUT2D eigenvalue weighted by molar-refractivity contribution is 0.405. The molecule has 1 N–H and O–H groups in total. The molecule has 6 nitrogen and oxygen atoms in total. The first-order valence-corrected chi connectivity index (χ1v) is 11.1. The molecule has 0 aliphatic heterocycles. The van der Waals surface area contributed by atoms with Gasteiger partial charge in [0.2, 0.25) is 20.0 Å². The first-order chi connectivity index (χ1) is 11.1. The molecule has 24 heavy (non-hydrogen) atoms. The molecule has 1 rings (SSSR count). The maximum atomic E-state index is 13.1. The number of unbranched alkanes of at least 4 members (excludes halogenated alkanes) is 2. The van der Waals surface area contributed by atoms with E-state index in [1.807, 2.05) is 6.92 Å². The third-order valence-corrected chi connectivity index (χ3v) is 6.48. The molecule has 0 aliphatic rings. The smallest absolute Gasteiger partial charge is 0.213 e. The van der Waals surface area contributed by atoms with Gasteiger partial charge in [0.15, 0.2) is 0 Å². The first kappa shape index (κ1) is 21.0. The van der Waals surface area contributed by atoms with Gasteiger partial charge in [0.05, 0.1) is 11.2 Å².